The van der Waals surface area contributed by atoms with Gasteiger partial charge in [0.15, 0.2) is 0 Å². The molecule has 1 fully saturated rings. The summed E-state index contributed by atoms with van der Waals surface area (Å²) in [5, 5.41) is 6.58. The lowest BCUT2D eigenvalue weighted by molar-refractivity contribution is 0.116. The summed E-state index contributed by atoms with van der Waals surface area (Å²) in [6.07, 6.45) is -1.95. The van der Waals surface area contributed by atoms with E-state index >= 15 is 0 Å². The molecular weight excluding hydrogens is 516 g/mol. The van der Waals surface area contributed by atoms with Gasteiger partial charge in [-0.05, 0) is 30.3 Å². The molecule has 1 aromatic carbocycles. The third-order valence-electron chi connectivity index (χ3n) is 5.15. The molecule has 3 heterocycles. The number of alkyl halides is 2. The minimum atomic E-state index is -4.32. The van der Waals surface area contributed by atoms with E-state index in [0.29, 0.717) is 0 Å². The highest BCUT2D eigenvalue weighted by Crippen LogP contribution is 2.27. The Labute approximate surface area is 197 Å². The highest BCUT2D eigenvalue weighted by atomic mass is 32.2. The van der Waals surface area contributed by atoms with Crippen molar-refractivity contribution in [2.24, 2.45) is 0 Å². The van der Waals surface area contributed by atoms with Gasteiger partial charge in [-0.15, -0.1) is 10.2 Å². The second kappa shape index (κ2) is 9.50. The van der Waals surface area contributed by atoms with Gasteiger partial charge < -0.3 is 4.42 Å². The lowest BCUT2D eigenvalue weighted by Crippen LogP contribution is -2.50. The Kier molecular flexibility index (Phi) is 6.79. The second-order valence-corrected chi connectivity index (χ2v) is 11.8. The van der Waals surface area contributed by atoms with Gasteiger partial charge in [0, 0.05) is 40.5 Å². The molecular formula is C19H18F4N6O4S2. The Balaban J connectivity index is 1.66. The summed E-state index contributed by atoms with van der Waals surface area (Å²) in [6.45, 7) is -0.958. The summed E-state index contributed by atoms with van der Waals surface area (Å²) in [5.74, 6) is -3.25. The molecule has 1 N–H and O–H groups in total. The van der Waals surface area contributed by atoms with E-state index in [1.165, 1.54) is 12.1 Å². The summed E-state index contributed by atoms with van der Waals surface area (Å²) >= 11 is 0. The highest BCUT2D eigenvalue weighted by Gasteiger charge is 2.34. The molecule has 10 nitrogen and oxygen atoms in total. The van der Waals surface area contributed by atoms with Crippen LogP contribution in [-0.2, 0) is 26.5 Å². The van der Waals surface area contributed by atoms with Crippen molar-refractivity contribution in [3.63, 3.8) is 0 Å². The van der Waals surface area contributed by atoms with Gasteiger partial charge in [0.25, 0.3) is 5.89 Å². The van der Waals surface area contributed by atoms with E-state index < -0.39 is 56.3 Å². The van der Waals surface area contributed by atoms with Crippen LogP contribution in [0, 0.1) is 16.4 Å². The predicted octanol–water partition coefficient (Wildman–Crippen LogP) is 2.96. The largest absolute Gasteiger partial charge is 0.415 e. The number of halogens is 4. The maximum absolute atomic E-state index is 14.9. The fraction of sp³-hybridized carbons (Fsp3) is 0.316. The molecule has 0 aliphatic carbocycles. The lowest BCUT2D eigenvalue weighted by atomic mass is 10.2. The van der Waals surface area contributed by atoms with Crippen molar-refractivity contribution in [2.75, 3.05) is 28.9 Å². The summed E-state index contributed by atoms with van der Waals surface area (Å²) in [6, 6.07) is 5.35. The molecule has 2 aromatic heterocycles. The van der Waals surface area contributed by atoms with E-state index in [1.54, 1.807) is 0 Å². The van der Waals surface area contributed by atoms with Crippen LogP contribution in [0.15, 0.2) is 40.9 Å². The smallest absolute Gasteiger partial charge is 0.314 e. The topological polar surface area (TPSA) is 133 Å². The molecule has 0 bridgehead atoms. The van der Waals surface area contributed by atoms with Gasteiger partial charge >= 0.3 is 16.6 Å². The number of hydrogen-bond donors (Lipinski definition) is 1. The molecule has 0 atom stereocenters. The first-order valence-corrected chi connectivity index (χ1v) is 13.3. The second-order valence-electron chi connectivity index (χ2n) is 7.51. The van der Waals surface area contributed by atoms with Gasteiger partial charge in [0.05, 0.1) is 23.5 Å². The number of benzene rings is 1. The molecule has 16 heteroatoms. The Bertz CT molecular complexity index is 1420. The van der Waals surface area contributed by atoms with E-state index in [4.69, 9.17) is 9.20 Å². The zero-order valence-electron chi connectivity index (χ0n) is 17.8. The van der Waals surface area contributed by atoms with Crippen LogP contribution in [0.2, 0.25) is 0 Å². The lowest BCUT2D eigenvalue weighted by Gasteiger charge is -2.33. The summed E-state index contributed by atoms with van der Waals surface area (Å²) in [4.78, 5) is 3.91. The van der Waals surface area contributed by atoms with E-state index in [-0.39, 0.29) is 41.5 Å². The van der Waals surface area contributed by atoms with Crippen LogP contribution in [0.1, 0.15) is 18.0 Å². The number of hydrogen-bond acceptors (Lipinski definition) is 8. The zero-order chi connectivity index (χ0) is 25.4. The molecule has 188 valence electrons. The maximum Gasteiger partial charge on any atom is 0.314 e. The third kappa shape index (κ3) is 5.43. The molecule has 4 rings (SSSR count). The van der Waals surface area contributed by atoms with Gasteiger partial charge in [0.1, 0.15) is 11.6 Å². The van der Waals surface area contributed by atoms with Crippen molar-refractivity contribution in [1.82, 2.24) is 19.5 Å². The van der Waals surface area contributed by atoms with E-state index in [0.717, 1.165) is 33.0 Å². The Morgan fingerprint density at radius 3 is 2.37 bits per heavy atom. The zero-order valence-corrected chi connectivity index (χ0v) is 19.4. The van der Waals surface area contributed by atoms with Crippen LogP contribution in [0.5, 0.6) is 0 Å². The van der Waals surface area contributed by atoms with E-state index in [1.807, 2.05) is 0 Å². The predicted molar refractivity (Wildman–Crippen MR) is 116 cm³/mol. The first kappa shape index (κ1) is 25.0. The fourth-order valence-corrected chi connectivity index (χ4v) is 6.33. The summed E-state index contributed by atoms with van der Waals surface area (Å²) < 4.78 is 107. The normalized spacial score (nSPS) is 16.5. The van der Waals surface area contributed by atoms with Crippen molar-refractivity contribution in [3.8, 4) is 11.5 Å². The average molecular weight is 535 g/mol. The van der Waals surface area contributed by atoms with Crippen LogP contribution in [-0.4, -0.2) is 56.7 Å². The Hall–Kier alpha value is -3.11. The van der Waals surface area contributed by atoms with Crippen LogP contribution in [0.4, 0.5) is 23.2 Å². The molecule has 0 spiro atoms. The van der Waals surface area contributed by atoms with Crippen molar-refractivity contribution in [3.05, 3.63) is 59.7 Å². The van der Waals surface area contributed by atoms with Crippen molar-refractivity contribution in [2.45, 2.75) is 13.0 Å². The molecule has 35 heavy (non-hydrogen) atoms. The van der Waals surface area contributed by atoms with E-state index in [2.05, 4.69) is 15.2 Å². The van der Waals surface area contributed by atoms with Gasteiger partial charge in [0.2, 0.25) is 5.89 Å². The minimum Gasteiger partial charge on any atom is -0.415 e. The van der Waals surface area contributed by atoms with Gasteiger partial charge in [-0.25, -0.2) is 13.0 Å². The number of nitrogens with one attached hydrogen (secondary N) is 1. The first-order valence-electron chi connectivity index (χ1n) is 10.0. The summed E-state index contributed by atoms with van der Waals surface area (Å²) in [7, 11) is -7.20. The third-order valence-corrected chi connectivity index (χ3v) is 8.74. The number of nitrogens with zero attached hydrogens (tertiary/aromatic N) is 5. The van der Waals surface area contributed by atoms with Gasteiger partial charge in [-0.3, -0.25) is 14.1 Å². The quantitative estimate of drug-likeness (QED) is 0.461. The van der Waals surface area contributed by atoms with Gasteiger partial charge in [-0.2, -0.15) is 21.5 Å². The van der Waals surface area contributed by atoms with Crippen molar-refractivity contribution < 1.29 is 34.6 Å². The molecule has 0 amide bonds. The minimum absolute atomic E-state index is 0.0207. The standard InChI is InChI=1S/C19H18F4N6O4S2/c20-13-1-3-14(4-2-13)29(35(31,32)28-5-7-34(24,30)8-6-28)11-16-15(21)9-12(10-25-16)18-26-27-19(33-18)17(22)23/h1-4,9-10,17,24H,5-8,11H2. The SMILES string of the molecule is N=S1(=O)CCN(S(=O)(=O)N(Cc2ncc(-c3nnc(C(F)F)o3)cc2F)c2ccc(F)cc2)CC1. The number of aromatic nitrogens is 3. The molecule has 1 aliphatic rings. The number of anilines is 1. The maximum atomic E-state index is 14.9. The van der Waals surface area contributed by atoms with Crippen LogP contribution in [0.3, 0.4) is 0 Å². The van der Waals surface area contributed by atoms with E-state index in [9.17, 15) is 30.2 Å². The molecule has 0 radical (unpaired) electrons. The highest BCUT2D eigenvalue weighted by molar-refractivity contribution is 7.93. The van der Waals surface area contributed by atoms with Crippen LogP contribution in [0.25, 0.3) is 11.5 Å². The fourth-order valence-electron chi connectivity index (χ4n) is 3.27. The van der Waals surface area contributed by atoms with Gasteiger partial charge in [-0.1, -0.05) is 0 Å². The Morgan fingerprint density at radius 2 is 1.80 bits per heavy atom. The average Bonchev–Trinajstić information content (AvgIpc) is 3.29. The molecule has 3 aromatic rings. The van der Waals surface area contributed by atoms with Crippen LogP contribution < -0.4 is 4.31 Å². The monoisotopic (exact) mass is 534 g/mol. The molecule has 0 unspecified atom stereocenters. The van der Waals surface area contributed by atoms with Crippen molar-refractivity contribution in [1.29, 1.82) is 4.78 Å². The molecule has 0 saturated carbocycles. The van der Waals surface area contributed by atoms with Crippen molar-refractivity contribution >= 4 is 25.6 Å². The van der Waals surface area contributed by atoms with Crippen LogP contribution >= 0.6 is 0 Å². The number of pyridine rings is 1. The molecule has 1 saturated heterocycles. The molecule has 1 aliphatic heterocycles. The first-order chi connectivity index (χ1) is 16.5. The summed E-state index contributed by atoms with van der Waals surface area (Å²) in [5.41, 5.74) is -0.396. The Morgan fingerprint density at radius 1 is 1.14 bits per heavy atom. The number of rotatable bonds is 7.